The van der Waals surface area contributed by atoms with E-state index < -0.39 is 0 Å². The lowest BCUT2D eigenvalue weighted by Gasteiger charge is -2.23. The molecule has 0 spiro atoms. The van der Waals surface area contributed by atoms with Crippen LogP contribution in [0.5, 0.6) is 0 Å². The molecule has 0 bridgehead atoms. The zero-order valence-electron chi connectivity index (χ0n) is 9.55. The molecule has 1 aromatic carbocycles. The summed E-state index contributed by atoms with van der Waals surface area (Å²) < 4.78 is 0. The number of likely N-dealkylation sites (tertiary alicyclic amines) is 1. The third-order valence-corrected chi connectivity index (χ3v) is 3.20. The highest BCUT2D eigenvalue weighted by Gasteiger charge is 2.22. The van der Waals surface area contributed by atoms with E-state index in [2.05, 4.69) is 29.2 Å². The summed E-state index contributed by atoms with van der Waals surface area (Å²) in [6.07, 6.45) is 1.61. The second-order valence-corrected chi connectivity index (χ2v) is 4.59. The number of aliphatic hydroxyl groups excluding tert-OH is 1. The number of hydrogen-bond acceptors (Lipinski definition) is 3. The number of β-amino-alcohol motifs (C(OH)–C–C–N with tert-alkyl or cyclic N) is 1. The maximum atomic E-state index is 9.84. The minimum absolute atomic E-state index is 0.0548. The van der Waals surface area contributed by atoms with Crippen LogP contribution in [0.3, 0.4) is 0 Å². The lowest BCUT2D eigenvalue weighted by Crippen LogP contribution is -2.40. The van der Waals surface area contributed by atoms with Gasteiger partial charge in [-0.25, -0.2) is 0 Å². The largest absolute Gasteiger partial charge is 0.390 e. The van der Waals surface area contributed by atoms with Crippen LogP contribution >= 0.6 is 0 Å². The van der Waals surface area contributed by atoms with Gasteiger partial charge in [0, 0.05) is 19.1 Å². The standard InChI is InChI=1S/C13H20N2O/c14-12-7-4-8-15(10-13(12)16)9-11-5-2-1-3-6-11/h1-3,5-6,12-13,16H,4,7-10,14H2. The molecule has 1 heterocycles. The van der Waals surface area contributed by atoms with Crippen LogP contribution in [-0.2, 0) is 6.54 Å². The first-order valence-electron chi connectivity index (χ1n) is 5.95. The van der Waals surface area contributed by atoms with Crippen molar-refractivity contribution < 1.29 is 5.11 Å². The molecule has 2 unspecified atom stereocenters. The summed E-state index contributed by atoms with van der Waals surface area (Å²) in [5, 5.41) is 9.84. The van der Waals surface area contributed by atoms with Gasteiger partial charge in [0.25, 0.3) is 0 Å². The lowest BCUT2D eigenvalue weighted by atomic mass is 10.1. The molecule has 1 saturated heterocycles. The van der Waals surface area contributed by atoms with Crippen molar-refractivity contribution >= 4 is 0 Å². The van der Waals surface area contributed by atoms with Crippen LogP contribution in [-0.4, -0.2) is 35.2 Å². The molecule has 1 aliphatic heterocycles. The predicted molar refractivity (Wildman–Crippen MR) is 64.9 cm³/mol. The van der Waals surface area contributed by atoms with Gasteiger partial charge in [0.05, 0.1) is 6.10 Å². The molecule has 3 N–H and O–H groups in total. The molecule has 1 aliphatic rings. The first kappa shape index (κ1) is 11.6. The molecule has 0 amide bonds. The second kappa shape index (κ2) is 5.43. The number of nitrogens with two attached hydrogens (primary N) is 1. The van der Waals surface area contributed by atoms with E-state index >= 15 is 0 Å². The Kier molecular flexibility index (Phi) is 3.93. The van der Waals surface area contributed by atoms with Gasteiger partial charge in [-0.15, -0.1) is 0 Å². The third kappa shape index (κ3) is 3.04. The van der Waals surface area contributed by atoms with Gasteiger partial charge < -0.3 is 10.8 Å². The highest BCUT2D eigenvalue weighted by atomic mass is 16.3. The predicted octanol–water partition coefficient (Wildman–Crippen LogP) is 0.971. The van der Waals surface area contributed by atoms with Crippen LogP contribution < -0.4 is 5.73 Å². The maximum Gasteiger partial charge on any atom is 0.0817 e. The normalized spacial score (nSPS) is 27.6. The molecule has 88 valence electrons. The molecular weight excluding hydrogens is 200 g/mol. The molecule has 0 saturated carbocycles. The molecule has 3 nitrogen and oxygen atoms in total. The zero-order chi connectivity index (χ0) is 11.4. The summed E-state index contributed by atoms with van der Waals surface area (Å²) in [6, 6.07) is 10.3. The van der Waals surface area contributed by atoms with E-state index in [0.29, 0.717) is 6.54 Å². The van der Waals surface area contributed by atoms with Crippen LogP contribution in [0.1, 0.15) is 18.4 Å². The van der Waals surface area contributed by atoms with Crippen molar-refractivity contribution in [3.8, 4) is 0 Å². The molecular formula is C13H20N2O. The van der Waals surface area contributed by atoms with E-state index in [1.165, 1.54) is 5.56 Å². The minimum Gasteiger partial charge on any atom is -0.390 e. The molecule has 2 rings (SSSR count). The number of benzene rings is 1. The Labute approximate surface area is 96.9 Å². The Balaban J connectivity index is 1.95. The Morgan fingerprint density at radius 2 is 2.06 bits per heavy atom. The molecule has 0 aromatic heterocycles. The smallest absolute Gasteiger partial charge is 0.0817 e. The van der Waals surface area contributed by atoms with E-state index in [9.17, 15) is 5.11 Å². The monoisotopic (exact) mass is 220 g/mol. The highest BCUT2D eigenvalue weighted by molar-refractivity contribution is 5.14. The molecule has 1 fully saturated rings. The van der Waals surface area contributed by atoms with Crippen molar-refractivity contribution in [1.82, 2.24) is 4.90 Å². The summed E-state index contributed by atoms with van der Waals surface area (Å²) in [6.45, 7) is 2.63. The van der Waals surface area contributed by atoms with Gasteiger partial charge in [-0.1, -0.05) is 30.3 Å². The number of rotatable bonds is 2. The zero-order valence-corrected chi connectivity index (χ0v) is 9.55. The van der Waals surface area contributed by atoms with Crippen molar-refractivity contribution in [3.05, 3.63) is 35.9 Å². The quantitative estimate of drug-likeness (QED) is 0.781. The first-order valence-corrected chi connectivity index (χ1v) is 5.95. The molecule has 16 heavy (non-hydrogen) atoms. The van der Waals surface area contributed by atoms with Crippen molar-refractivity contribution in [2.75, 3.05) is 13.1 Å². The summed E-state index contributed by atoms with van der Waals surface area (Å²) in [7, 11) is 0. The summed E-state index contributed by atoms with van der Waals surface area (Å²) in [5.41, 5.74) is 7.15. The van der Waals surface area contributed by atoms with E-state index in [0.717, 1.165) is 25.9 Å². The van der Waals surface area contributed by atoms with Gasteiger partial charge in [-0.05, 0) is 24.9 Å². The molecule has 0 radical (unpaired) electrons. The molecule has 3 heteroatoms. The van der Waals surface area contributed by atoms with Crippen LogP contribution in [0, 0.1) is 0 Å². The highest BCUT2D eigenvalue weighted by Crippen LogP contribution is 2.13. The average molecular weight is 220 g/mol. The molecule has 0 aliphatic carbocycles. The maximum absolute atomic E-state index is 9.84. The summed E-state index contributed by atoms with van der Waals surface area (Å²) in [5.74, 6) is 0. The molecule has 1 aromatic rings. The van der Waals surface area contributed by atoms with Gasteiger partial charge in [-0.3, -0.25) is 4.90 Å². The van der Waals surface area contributed by atoms with Gasteiger partial charge >= 0.3 is 0 Å². The number of aliphatic hydroxyl groups is 1. The fourth-order valence-corrected chi connectivity index (χ4v) is 2.22. The number of hydrogen-bond donors (Lipinski definition) is 2. The van der Waals surface area contributed by atoms with E-state index in [1.54, 1.807) is 0 Å². The Morgan fingerprint density at radius 1 is 1.31 bits per heavy atom. The topological polar surface area (TPSA) is 49.5 Å². The number of nitrogens with zero attached hydrogens (tertiary/aromatic N) is 1. The lowest BCUT2D eigenvalue weighted by molar-refractivity contribution is 0.104. The Bertz CT molecular complexity index is 315. The third-order valence-electron chi connectivity index (χ3n) is 3.20. The summed E-state index contributed by atoms with van der Waals surface area (Å²) in [4.78, 5) is 2.28. The fraction of sp³-hybridized carbons (Fsp3) is 0.538. The summed E-state index contributed by atoms with van der Waals surface area (Å²) >= 11 is 0. The Hall–Kier alpha value is -0.900. The second-order valence-electron chi connectivity index (χ2n) is 4.59. The SMILES string of the molecule is NC1CCCN(Cc2ccccc2)CC1O. The van der Waals surface area contributed by atoms with Crippen molar-refractivity contribution in [2.45, 2.75) is 31.5 Å². The van der Waals surface area contributed by atoms with Gasteiger partial charge in [0.1, 0.15) is 0 Å². The minimum atomic E-state index is -0.383. The Morgan fingerprint density at radius 3 is 2.81 bits per heavy atom. The van der Waals surface area contributed by atoms with Gasteiger partial charge in [0.2, 0.25) is 0 Å². The van der Waals surface area contributed by atoms with Crippen molar-refractivity contribution in [3.63, 3.8) is 0 Å². The van der Waals surface area contributed by atoms with E-state index in [-0.39, 0.29) is 12.1 Å². The van der Waals surface area contributed by atoms with Gasteiger partial charge in [0.15, 0.2) is 0 Å². The van der Waals surface area contributed by atoms with E-state index in [4.69, 9.17) is 5.73 Å². The van der Waals surface area contributed by atoms with Crippen molar-refractivity contribution in [2.24, 2.45) is 5.73 Å². The van der Waals surface area contributed by atoms with Crippen LogP contribution in [0.4, 0.5) is 0 Å². The molecule has 2 atom stereocenters. The van der Waals surface area contributed by atoms with Crippen LogP contribution in [0.15, 0.2) is 30.3 Å². The van der Waals surface area contributed by atoms with Crippen molar-refractivity contribution in [1.29, 1.82) is 0 Å². The average Bonchev–Trinajstić information content (AvgIpc) is 2.43. The van der Waals surface area contributed by atoms with Gasteiger partial charge in [-0.2, -0.15) is 0 Å². The van der Waals surface area contributed by atoms with Crippen LogP contribution in [0.25, 0.3) is 0 Å². The fourth-order valence-electron chi connectivity index (χ4n) is 2.22. The van der Waals surface area contributed by atoms with E-state index in [1.807, 2.05) is 6.07 Å². The van der Waals surface area contributed by atoms with Crippen LogP contribution in [0.2, 0.25) is 0 Å². The first-order chi connectivity index (χ1) is 7.75.